The van der Waals surface area contributed by atoms with Crippen LogP contribution in [0.1, 0.15) is 106 Å². The molecule has 0 heterocycles. The highest BCUT2D eigenvalue weighted by Gasteiger charge is 2.68. The van der Waals surface area contributed by atoms with E-state index in [1.807, 2.05) is 0 Å². The maximum atomic E-state index is 12.8. The van der Waals surface area contributed by atoms with Gasteiger partial charge in [-0.3, -0.25) is 4.79 Å². The van der Waals surface area contributed by atoms with E-state index >= 15 is 0 Å². The fourth-order valence-corrected chi connectivity index (χ4v) is 10.2. The Bertz CT molecular complexity index is 942. The lowest BCUT2D eigenvalue weighted by Crippen LogP contribution is -2.64. The zero-order chi connectivity index (χ0) is 24.2. The number of hydrogen-bond donors (Lipinski definition) is 2. The van der Waals surface area contributed by atoms with Crippen LogP contribution < -0.4 is 0 Å². The highest BCUT2D eigenvalue weighted by atomic mass is 16.4. The lowest BCUT2D eigenvalue weighted by Gasteiger charge is -2.70. The number of aliphatic hydroxyl groups excluding tert-OH is 1. The summed E-state index contributed by atoms with van der Waals surface area (Å²) in [6, 6.07) is 0. The summed E-state index contributed by atoms with van der Waals surface area (Å²) in [4.78, 5) is 12.8. The number of aliphatic hydroxyl groups is 1. The molecule has 8 atom stereocenters. The molecule has 184 valence electrons. The third-order valence-electron chi connectivity index (χ3n) is 12.8. The molecule has 0 bridgehead atoms. The van der Waals surface area contributed by atoms with Crippen molar-refractivity contribution in [3.05, 3.63) is 22.8 Å². The summed E-state index contributed by atoms with van der Waals surface area (Å²) < 4.78 is 0. The van der Waals surface area contributed by atoms with Crippen LogP contribution in [0.5, 0.6) is 0 Å². The van der Waals surface area contributed by atoms with Crippen LogP contribution in [0.2, 0.25) is 0 Å². The van der Waals surface area contributed by atoms with Gasteiger partial charge in [-0.1, -0.05) is 53.2 Å². The third-order valence-corrected chi connectivity index (χ3v) is 12.8. The van der Waals surface area contributed by atoms with Gasteiger partial charge in [-0.15, -0.1) is 0 Å². The molecule has 3 heteroatoms. The minimum absolute atomic E-state index is 0.0245. The number of carbonyl (C=O) groups is 1. The van der Waals surface area contributed by atoms with Gasteiger partial charge in [0.1, 0.15) is 0 Å². The molecule has 0 radical (unpaired) electrons. The smallest absolute Gasteiger partial charge is 0.314 e. The minimum atomic E-state index is -0.677. The first-order chi connectivity index (χ1) is 15.3. The van der Waals surface area contributed by atoms with Crippen molar-refractivity contribution in [2.45, 2.75) is 112 Å². The van der Waals surface area contributed by atoms with Crippen molar-refractivity contribution in [3.8, 4) is 0 Å². The normalized spacial score (nSPS) is 51.0. The largest absolute Gasteiger partial charge is 0.481 e. The topological polar surface area (TPSA) is 57.5 Å². The van der Waals surface area contributed by atoms with Crippen molar-refractivity contribution in [2.24, 2.45) is 44.8 Å². The number of fused-ring (bicyclic) bond motifs is 7. The minimum Gasteiger partial charge on any atom is -0.481 e. The Kier molecular flexibility index (Phi) is 5.01. The summed E-state index contributed by atoms with van der Waals surface area (Å²) in [5.74, 6) is 0.999. The summed E-state index contributed by atoms with van der Waals surface area (Å²) >= 11 is 0. The molecular formula is C30H46O3. The SMILES string of the molecule is CC1=C2C3=CCC4C5(C)CCC(O)C(C)(C)C5CCC4(C)C3(C)CCC2(C(=O)O)CCC1C. The fourth-order valence-electron chi connectivity index (χ4n) is 10.2. The van der Waals surface area contributed by atoms with Crippen LogP contribution in [0.3, 0.4) is 0 Å². The van der Waals surface area contributed by atoms with Gasteiger partial charge in [0.2, 0.25) is 0 Å². The molecule has 5 aliphatic carbocycles. The second kappa shape index (κ2) is 6.99. The van der Waals surface area contributed by atoms with Gasteiger partial charge in [0, 0.05) is 0 Å². The molecule has 8 unspecified atom stereocenters. The monoisotopic (exact) mass is 454 g/mol. The maximum absolute atomic E-state index is 12.8. The molecule has 0 amide bonds. The molecule has 3 saturated carbocycles. The first-order valence-corrected chi connectivity index (χ1v) is 13.6. The molecule has 0 aromatic carbocycles. The second-order valence-corrected chi connectivity index (χ2v) is 14.0. The summed E-state index contributed by atoms with van der Waals surface area (Å²) in [6.45, 7) is 16.7. The lowest BCUT2D eigenvalue weighted by atomic mass is 9.34. The van der Waals surface area contributed by atoms with Crippen molar-refractivity contribution < 1.29 is 15.0 Å². The van der Waals surface area contributed by atoms with Gasteiger partial charge in [-0.25, -0.2) is 0 Å². The van der Waals surface area contributed by atoms with Gasteiger partial charge < -0.3 is 10.2 Å². The van der Waals surface area contributed by atoms with Crippen LogP contribution in [0.25, 0.3) is 0 Å². The van der Waals surface area contributed by atoms with Crippen molar-refractivity contribution >= 4 is 5.97 Å². The zero-order valence-electron chi connectivity index (χ0n) is 22.1. The molecule has 33 heavy (non-hydrogen) atoms. The average Bonchev–Trinajstić information content (AvgIpc) is 2.74. The number of carboxylic acid groups (broad SMARTS) is 1. The van der Waals surface area contributed by atoms with E-state index < -0.39 is 11.4 Å². The van der Waals surface area contributed by atoms with Crippen LogP contribution in [-0.4, -0.2) is 22.3 Å². The Morgan fingerprint density at radius 3 is 2.30 bits per heavy atom. The fraction of sp³-hybridized carbons (Fsp3) is 0.833. The lowest BCUT2D eigenvalue weighted by molar-refractivity contribution is -0.197. The Labute approximate surface area is 201 Å². The summed E-state index contributed by atoms with van der Waals surface area (Å²) in [7, 11) is 0. The number of hydrogen-bond acceptors (Lipinski definition) is 2. The molecule has 0 aromatic heterocycles. The van der Waals surface area contributed by atoms with Gasteiger partial charge >= 0.3 is 5.97 Å². The van der Waals surface area contributed by atoms with Crippen LogP contribution in [0.15, 0.2) is 22.8 Å². The third kappa shape index (κ3) is 2.69. The quantitative estimate of drug-likeness (QED) is 0.442. The molecule has 3 nitrogen and oxygen atoms in total. The Morgan fingerprint density at radius 1 is 0.939 bits per heavy atom. The van der Waals surface area contributed by atoms with E-state index in [0.29, 0.717) is 17.8 Å². The number of rotatable bonds is 1. The summed E-state index contributed by atoms with van der Waals surface area (Å²) in [5.41, 5.74) is 3.65. The van der Waals surface area contributed by atoms with Crippen LogP contribution in [0, 0.1) is 44.8 Å². The van der Waals surface area contributed by atoms with Crippen molar-refractivity contribution in [1.82, 2.24) is 0 Å². The molecule has 0 aliphatic heterocycles. The highest BCUT2D eigenvalue weighted by molar-refractivity contribution is 5.82. The number of allylic oxidation sites excluding steroid dienone is 3. The highest BCUT2D eigenvalue weighted by Crippen LogP contribution is 2.75. The van der Waals surface area contributed by atoms with Gasteiger partial charge in [0.05, 0.1) is 11.5 Å². The van der Waals surface area contributed by atoms with Gasteiger partial charge in [-0.05, 0) is 115 Å². The average molecular weight is 455 g/mol. The van der Waals surface area contributed by atoms with Gasteiger partial charge in [0.15, 0.2) is 0 Å². The molecule has 0 aromatic rings. The van der Waals surface area contributed by atoms with E-state index in [1.165, 1.54) is 29.6 Å². The summed E-state index contributed by atoms with van der Waals surface area (Å²) in [5, 5.41) is 21.4. The van der Waals surface area contributed by atoms with E-state index in [0.717, 1.165) is 44.9 Å². The van der Waals surface area contributed by atoms with E-state index in [-0.39, 0.29) is 27.8 Å². The Hall–Kier alpha value is -1.09. The molecular weight excluding hydrogens is 408 g/mol. The second-order valence-electron chi connectivity index (χ2n) is 14.0. The molecule has 5 aliphatic rings. The van der Waals surface area contributed by atoms with Gasteiger partial charge in [-0.2, -0.15) is 0 Å². The Balaban J connectivity index is 1.65. The molecule has 0 spiro atoms. The summed E-state index contributed by atoms with van der Waals surface area (Å²) in [6.07, 6.45) is 11.3. The first-order valence-electron chi connectivity index (χ1n) is 13.6. The standard InChI is InChI=1S/C30H46O3/c1-18-10-15-30(25(32)33)17-16-28(6)20(24(30)19(18)2)8-9-22-27(5)13-12-23(31)26(3,4)21(27)11-14-29(22,28)7/h8,18,21-23,31H,9-17H2,1-7H3,(H,32,33). The number of aliphatic carboxylic acids is 1. The van der Waals surface area contributed by atoms with Crippen LogP contribution in [0.4, 0.5) is 0 Å². The molecule has 3 fully saturated rings. The Morgan fingerprint density at radius 2 is 1.64 bits per heavy atom. The van der Waals surface area contributed by atoms with Crippen molar-refractivity contribution in [1.29, 1.82) is 0 Å². The van der Waals surface area contributed by atoms with Crippen molar-refractivity contribution in [2.75, 3.05) is 0 Å². The predicted molar refractivity (Wildman–Crippen MR) is 133 cm³/mol. The van der Waals surface area contributed by atoms with E-state index in [1.54, 1.807) is 0 Å². The molecule has 0 saturated heterocycles. The van der Waals surface area contributed by atoms with Crippen molar-refractivity contribution in [3.63, 3.8) is 0 Å². The molecule has 5 rings (SSSR count). The van der Waals surface area contributed by atoms with E-state index in [2.05, 4.69) is 54.5 Å². The van der Waals surface area contributed by atoms with Crippen LogP contribution in [-0.2, 0) is 4.79 Å². The predicted octanol–water partition coefficient (Wildman–Crippen LogP) is 7.15. The molecule has 2 N–H and O–H groups in total. The van der Waals surface area contributed by atoms with E-state index in [9.17, 15) is 15.0 Å². The van der Waals surface area contributed by atoms with Gasteiger partial charge in [0.25, 0.3) is 0 Å². The van der Waals surface area contributed by atoms with Crippen LogP contribution >= 0.6 is 0 Å². The maximum Gasteiger partial charge on any atom is 0.314 e. The van der Waals surface area contributed by atoms with E-state index in [4.69, 9.17) is 0 Å². The number of carboxylic acids is 1. The zero-order valence-corrected chi connectivity index (χ0v) is 22.1. The first kappa shape index (κ1) is 23.6.